The van der Waals surface area contributed by atoms with Crippen molar-refractivity contribution in [3.8, 4) is 11.5 Å². The molecule has 114 valence electrons. The van der Waals surface area contributed by atoms with E-state index < -0.39 is 4.92 Å². The third-order valence-electron chi connectivity index (χ3n) is 3.53. The van der Waals surface area contributed by atoms with Crippen LogP contribution in [0.25, 0.3) is 17.8 Å². The van der Waals surface area contributed by atoms with Gasteiger partial charge in [0.15, 0.2) is 17.2 Å². The summed E-state index contributed by atoms with van der Waals surface area (Å²) >= 11 is 0. The van der Waals surface area contributed by atoms with Gasteiger partial charge in [0, 0.05) is 6.07 Å². The van der Waals surface area contributed by atoms with Gasteiger partial charge in [0.25, 0.3) is 0 Å². The first-order valence-electron chi connectivity index (χ1n) is 6.91. The van der Waals surface area contributed by atoms with Crippen molar-refractivity contribution in [3.63, 3.8) is 0 Å². The van der Waals surface area contributed by atoms with E-state index in [9.17, 15) is 10.1 Å². The minimum atomic E-state index is -0.431. The van der Waals surface area contributed by atoms with Gasteiger partial charge in [-0.15, -0.1) is 0 Å². The van der Waals surface area contributed by atoms with Crippen LogP contribution in [0, 0.1) is 10.1 Å². The molecule has 0 amide bonds. The summed E-state index contributed by atoms with van der Waals surface area (Å²) in [6, 6.07) is 10.7. The van der Waals surface area contributed by atoms with Crippen LogP contribution in [0.4, 0.5) is 5.82 Å². The fourth-order valence-electron chi connectivity index (χ4n) is 2.49. The molecule has 0 radical (unpaired) electrons. The standard InChI is InChI=1S/C16H11N3O4/c20-19(21)16-12(17-15-3-1-2-8-18(15)16)6-4-11-5-7-13-14(9-11)23-10-22-13/h1-9H,10H2. The number of fused-ring (bicyclic) bond motifs is 2. The number of benzene rings is 1. The number of imidazole rings is 1. The van der Waals surface area contributed by atoms with Crippen molar-refractivity contribution in [3.05, 3.63) is 64.0 Å². The summed E-state index contributed by atoms with van der Waals surface area (Å²) in [6.07, 6.45) is 5.01. The quantitative estimate of drug-likeness (QED) is 0.548. The molecule has 0 saturated carbocycles. The summed E-state index contributed by atoms with van der Waals surface area (Å²) in [5.41, 5.74) is 1.68. The van der Waals surface area contributed by atoms with Gasteiger partial charge in [-0.25, -0.2) is 4.98 Å². The monoisotopic (exact) mass is 309 g/mol. The summed E-state index contributed by atoms with van der Waals surface area (Å²) < 4.78 is 12.0. The zero-order valence-electron chi connectivity index (χ0n) is 11.9. The van der Waals surface area contributed by atoms with Crippen molar-refractivity contribution in [2.45, 2.75) is 0 Å². The number of rotatable bonds is 3. The van der Waals surface area contributed by atoms with Crippen molar-refractivity contribution in [2.24, 2.45) is 0 Å². The highest BCUT2D eigenvalue weighted by Crippen LogP contribution is 2.33. The Labute approximate surface area is 130 Å². The topological polar surface area (TPSA) is 78.9 Å². The van der Waals surface area contributed by atoms with E-state index in [1.807, 2.05) is 12.1 Å². The van der Waals surface area contributed by atoms with Crippen LogP contribution in [-0.2, 0) is 0 Å². The van der Waals surface area contributed by atoms with Crippen LogP contribution < -0.4 is 9.47 Å². The molecule has 0 atom stereocenters. The number of hydrogen-bond acceptors (Lipinski definition) is 5. The normalized spacial score (nSPS) is 13.0. The third kappa shape index (κ3) is 2.28. The van der Waals surface area contributed by atoms with Gasteiger partial charge in [-0.05, 0) is 34.8 Å². The zero-order chi connectivity index (χ0) is 15.8. The van der Waals surface area contributed by atoms with Crippen LogP contribution >= 0.6 is 0 Å². The lowest BCUT2D eigenvalue weighted by Crippen LogP contribution is -1.94. The molecule has 0 N–H and O–H groups in total. The highest BCUT2D eigenvalue weighted by molar-refractivity contribution is 5.74. The van der Waals surface area contributed by atoms with E-state index >= 15 is 0 Å². The number of ether oxygens (including phenoxy) is 2. The second kappa shape index (κ2) is 5.13. The molecule has 0 saturated heterocycles. The Kier molecular flexibility index (Phi) is 2.97. The van der Waals surface area contributed by atoms with Crippen molar-refractivity contribution in [2.75, 3.05) is 6.79 Å². The second-order valence-electron chi connectivity index (χ2n) is 4.95. The first-order valence-corrected chi connectivity index (χ1v) is 6.91. The maximum absolute atomic E-state index is 11.3. The molecule has 2 aromatic heterocycles. The van der Waals surface area contributed by atoms with E-state index in [0.29, 0.717) is 22.8 Å². The average molecular weight is 309 g/mol. The molecular formula is C16H11N3O4. The Hall–Kier alpha value is -3.35. The molecule has 7 nitrogen and oxygen atoms in total. The summed E-state index contributed by atoms with van der Waals surface area (Å²) in [7, 11) is 0. The molecule has 23 heavy (non-hydrogen) atoms. The van der Waals surface area contributed by atoms with Crippen LogP contribution in [0.2, 0.25) is 0 Å². The Balaban J connectivity index is 1.75. The number of nitrogens with zero attached hydrogens (tertiary/aromatic N) is 3. The molecule has 0 spiro atoms. The van der Waals surface area contributed by atoms with Gasteiger partial charge in [0.1, 0.15) is 0 Å². The van der Waals surface area contributed by atoms with Gasteiger partial charge in [-0.2, -0.15) is 4.40 Å². The predicted octanol–water partition coefficient (Wildman–Crippen LogP) is 3.14. The van der Waals surface area contributed by atoms with Gasteiger partial charge in [0.05, 0.1) is 6.20 Å². The molecule has 1 aliphatic heterocycles. The van der Waals surface area contributed by atoms with Crippen molar-refractivity contribution >= 4 is 23.6 Å². The van der Waals surface area contributed by atoms with Gasteiger partial charge in [0.2, 0.25) is 12.4 Å². The number of pyridine rings is 1. The Morgan fingerprint density at radius 3 is 2.91 bits per heavy atom. The van der Waals surface area contributed by atoms with Crippen molar-refractivity contribution in [1.29, 1.82) is 0 Å². The van der Waals surface area contributed by atoms with Crippen LogP contribution in [0.3, 0.4) is 0 Å². The smallest absolute Gasteiger partial charge is 0.355 e. The maximum atomic E-state index is 11.3. The Morgan fingerprint density at radius 2 is 2.04 bits per heavy atom. The maximum Gasteiger partial charge on any atom is 0.355 e. The molecule has 3 heterocycles. The molecule has 4 rings (SSSR count). The van der Waals surface area contributed by atoms with E-state index in [4.69, 9.17) is 9.47 Å². The third-order valence-corrected chi connectivity index (χ3v) is 3.53. The summed E-state index contributed by atoms with van der Waals surface area (Å²) in [4.78, 5) is 15.2. The van der Waals surface area contributed by atoms with Crippen molar-refractivity contribution in [1.82, 2.24) is 9.38 Å². The molecule has 0 fully saturated rings. The molecule has 1 aromatic carbocycles. The molecular weight excluding hydrogens is 298 g/mol. The molecule has 0 unspecified atom stereocenters. The first-order chi connectivity index (χ1) is 11.2. The van der Waals surface area contributed by atoms with Crippen molar-refractivity contribution < 1.29 is 14.4 Å². The van der Waals surface area contributed by atoms with E-state index in [-0.39, 0.29) is 12.6 Å². The predicted molar refractivity (Wildman–Crippen MR) is 83.3 cm³/mol. The Morgan fingerprint density at radius 1 is 1.17 bits per heavy atom. The number of hydrogen-bond donors (Lipinski definition) is 0. The van der Waals surface area contributed by atoms with Crippen LogP contribution in [-0.4, -0.2) is 21.1 Å². The van der Waals surface area contributed by atoms with Crippen LogP contribution in [0.5, 0.6) is 11.5 Å². The summed E-state index contributed by atoms with van der Waals surface area (Å²) in [5.74, 6) is 1.30. The van der Waals surface area contributed by atoms with E-state index in [1.165, 1.54) is 4.40 Å². The molecule has 7 heteroatoms. The lowest BCUT2D eigenvalue weighted by atomic mass is 10.2. The number of nitro groups is 1. The van der Waals surface area contributed by atoms with Gasteiger partial charge < -0.3 is 19.6 Å². The number of aromatic nitrogens is 2. The fraction of sp³-hybridized carbons (Fsp3) is 0.0625. The summed E-state index contributed by atoms with van der Waals surface area (Å²) in [6.45, 7) is 0.209. The lowest BCUT2D eigenvalue weighted by Gasteiger charge is -1.97. The average Bonchev–Trinajstić information content (AvgIpc) is 3.16. The Bertz CT molecular complexity index is 946. The van der Waals surface area contributed by atoms with E-state index in [1.54, 1.807) is 42.6 Å². The minimum Gasteiger partial charge on any atom is -0.454 e. The molecule has 0 bridgehead atoms. The molecule has 0 aliphatic carbocycles. The lowest BCUT2D eigenvalue weighted by molar-refractivity contribution is -0.390. The van der Waals surface area contributed by atoms with E-state index in [0.717, 1.165) is 5.56 Å². The van der Waals surface area contributed by atoms with Gasteiger partial charge in [-0.1, -0.05) is 18.2 Å². The zero-order valence-corrected chi connectivity index (χ0v) is 11.9. The SMILES string of the molecule is O=[N+]([O-])c1c(C=Cc2ccc3c(c2)OCO3)nc2ccccn12. The first kappa shape index (κ1) is 13.3. The minimum absolute atomic E-state index is 0.0578. The van der Waals surface area contributed by atoms with Gasteiger partial charge in [-0.3, -0.25) is 0 Å². The van der Waals surface area contributed by atoms with Crippen LogP contribution in [0.15, 0.2) is 42.6 Å². The second-order valence-corrected chi connectivity index (χ2v) is 4.95. The summed E-state index contributed by atoms with van der Waals surface area (Å²) in [5, 5.41) is 11.3. The van der Waals surface area contributed by atoms with E-state index in [2.05, 4.69) is 4.98 Å². The fourth-order valence-corrected chi connectivity index (χ4v) is 2.49. The van der Waals surface area contributed by atoms with Crippen LogP contribution in [0.1, 0.15) is 11.3 Å². The highest BCUT2D eigenvalue weighted by atomic mass is 16.7. The largest absolute Gasteiger partial charge is 0.454 e. The molecule has 1 aliphatic rings. The highest BCUT2D eigenvalue weighted by Gasteiger charge is 2.20. The molecule has 3 aromatic rings. The van der Waals surface area contributed by atoms with Gasteiger partial charge >= 0.3 is 5.82 Å².